The molecule has 0 N–H and O–H groups in total. The number of ether oxygens (including phenoxy) is 3. The second-order valence-electron chi connectivity index (χ2n) is 6.93. The van der Waals surface area contributed by atoms with Gasteiger partial charge < -0.3 is 18.4 Å². The van der Waals surface area contributed by atoms with Crippen molar-refractivity contribution in [1.82, 2.24) is 0 Å². The van der Waals surface area contributed by atoms with Crippen LogP contribution in [0.5, 0.6) is 23.0 Å². The van der Waals surface area contributed by atoms with Gasteiger partial charge in [0.05, 0.1) is 19.8 Å². The Bertz CT molecular complexity index is 1350. The Morgan fingerprint density at radius 1 is 0.879 bits per heavy atom. The van der Waals surface area contributed by atoms with E-state index >= 15 is 0 Å². The van der Waals surface area contributed by atoms with Crippen LogP contribution in [0.4, 0.5) is 0 Å². The Hall–Kier alpha value is -4.04. The Morgan fingerprint density at radius 3 is 2.33 bits per heavy atom. The molecule has 0 aliphatic carbocycles. The minimum atomic E-state index is -4.07. The summed E-state index contributed by atoms with van der Waals surface area (Å²) >= 11 is 0. The number of benzene rings is 3. The van der Waals surface area contributed by atoms with E-state index in [0.29, 0.717) is 17.1 Å². The van der Waals surface area contributed by atoms with E-state index in [1.165, 1.54) is 49.6 Å². The lowest BCUT2D eigenvalue weighted by Gasteiger charge is -2.08. The molecule has 1 aliphatic heterocycles. The zero-order valence-corrected chi connectivity index (χ0v) is 18.7. The molecule has 0 fully saturated rings. The zero-order valence-electron chi connectivity index (χ0n) is 17.8. The van der Waals surface area contributed by atoms with Crippen molar-refractivity contribution in [2.45, 2.75) is 4.90 Å². The molecule has 0 saturated carbocycles. The van der Waals surface area contributed by atoms with E-state index in [1.807, 2.05) is 24.3 Å². The molecule has 1 aliphatic rings. The number of methoxy groups -OCH3 is 2. The fraction of sp³-hybridized carbons (Fsp3) is 0.0800. The smallest absolute Gasteiger partial charge is 0.339 e. The van der Waals surface area contributed by atoms with Gasteiger partial charge in [0.2, 0.25) is 5.78 Å². The van der Waals surface area contributed by atoms with Crippen molar-refractivity contribution in [3.8, 4) is 23.0 Å². The van der Waals surface area contributed by atoms with Crippen molar-refractivity contribution in [3.63, 3.8) is 0 Å². The van der Waals surface area contributed by atoms with Crippen LogP contribution in [0.15, 0.2) is 89.5 Å². The first kappa shape index (κ1) is 22.2. The highest BCUT2D eigenvalue weighted by Gasteiger charge is 2.28. The van der Waals surface area contributed by atoms with E-state index in [-0.39, 0.29) is 27.9 Å². The first-order chi connectivity index (χ1) is 15.9. The lowest BCUT2D eigenvalue weighted by molar-refractivity contribution is 0.101. The second-order valence-corrected chi connectivity index (χ2v) is 8.48. The monoisotopic (exact) mass is 464 g/mol. The number of rotatable bonds is 7. The molecule has 3 aromatic rings. The molecule has 33 heavy (non-hydrogen) atoms. The first-order valence-electron chi connectivity index (χ1n) is 9.88. The largest absolute Gasteiger partial charge is 0.497 e. The second kappa shape index (κ2) is 9.22. The molecule has 0 saturated heterocycles. The predicted octanol–water partition coefficient (Wildman–Crippen LogP) is 4.64. The lowest BCUT2D eigenvalue weighted by atomic mass is 10.1. The van der Waals surface area contributed by atoms with Crippen LogP contribution in [0, 0.1) is 0 Å². The van der Waals surface area contributed by atoms with E-state index in [2.05, 4.69) is 0 Å². The summed E-state index contributed by atoms with van der Waals surface area (Å²) in [6.45, 7) is 0. The number of hydrogen-bond acceptors (Lipinski definition) is 7. The van der Waals surface area contributed by atoms with E-state index in [4.69, 9.17) is 18.4 Å². The molecule has 7 nitrogen and oxygen atoms in total. The molecule has 0 amide bonds. The molecule has 0 bridgehead atoms. The minimum absolute atomic E-state index is 0.0251. The summed E-state index contributed by atoms with van der Waals surface area (Å²) in [6, 6.07) is 17.5. The Morgan fingerprint density at radius 2 is 1.61 bits per heavy atom. The van der Waals surface area contributed by atoms with E-state index in [9.17, 15) is 13.2 Å². The van der Waals surface area contributed by atoms with Crippen LogP contribution in [-0.4, -0.2) is 28.4 Å². The molecule has 4 rings (SSSR count). The average Bonchev–Trinajstić information content (AvgIpc) is 3.13. The first-order valence-corrected chi connectivity index (χ1v) is 11.3. The normalized spacial score (nSPS) is 14.2. The standard InChI is InChI=1S/C25H20O7S/c1-29-18-10-13-20(14-11-18)33(27,28)32-19-12-15-21-24(16-19)31-23(25(21)26)9-5-7-17-6-3-4-8-22(17)30-2/h3-16H,1-2H3. The highest BCUT2D eigenvalue weighted by Crippen LogP contribution is 2.35. The topological polar surface area (TPSA) is 88.1 Å². The molecular formula is C25H20O7S. The molecule has 0 aromatic heterocycles. The van der Waals surface area contributed by atoms with Gasteiger partial charge in [-0.15, -0.1) is 0 Å². The number of Topliss-reactive ketones (excluding diaryl/α,β-unsaturated/α-hetero) is 1. The third-order valence-corrected chi connectivity index (χ3v) is 6.12. The zero-order chi connectivity index (χ0) is 23.4. The average molecular weight is 464 g/mol. The molecule has 0 spiro atoms. The fourth-order valence-corrected chi connectivity index (χ4v) is 4.12. The summed E-state index contributed by atoms with van der Waals surface area (Å²) in [5.74, 6) is 1.29. The number of ketones is 1. The van der Waals surface area contributed by atoms with Gasteiger partial charge in [-0.3, -0.25) is 4.79 Å². The van der Waals surface area contributed by atoms with Crippen LogP contribution < -0.4 is 18.4 Å². The van der Waals surface area contributed by atoms with Crippen molar-refractivity contribution in [2.24, 2.45) is 0 Å². The SMILES string of the molecule is COc1ccc(S(=O)(=O)Oc2ccc3c(c2)OC(=CC=Cc2ccccc2OC)C3=O)cc1. The summed E-state index contributed by atoms with van der Waals surface area (Å²) in [5.41, 5.74) is 1.17. The van der Waals surface area contributed by atoms with Crippen LogP contribution >= 0.6 is 0 Å². The summed E-state index contributed by atoms with van der Waals surface area (Å²) < 4.78 is 46.3. The van der Waals surface area contributed by atoms with Gasteiger partial charge in [-0.25, -0.2) is 0 Å². The van der Waals surface area contributed by atoms with Gasteiger partial charge in [0.25, 0.3) is 0 Å². The van der Waals surface area contributed by atoms with Gasteiger partial charge in [-0.2, -0.15) is 8.42 Å². The van der Waals surface area contributed by atoms with Crippen molar-refractivity contribution < 1.29 is 31.6 Å². The van der Waals surface area contributed by atoms with Crippen molar-refractivity contribution >= 4 is 22.0 Å². The lowest BCUT2D eigenvalue weighted by Crippen LogP contribution is -2.09. The van der Waals surface area contributed by atoms with Gasteiger partial charge in [0, 0.05) is 11.6 Å². The molecular weight excluding hydrogens is 444 g/mol. The van der Waals surface area contributed by atoms with Crippen LogP contribution in [0.3, 0.4) is 0 Å². The van der Waals surface area contributed by atoms with Crippen LogP contribution in [0.2, 0.25) is 0 Å². The summed E-state index contributed by atoms with van der Waals surface area (Å²) in [4.78, 5) is 12.6. The molecule has 0 unspecified atom stereocenters. The van der Waals surface area contributed by atoms with Gasteiger partial charge in [-0.05, 0) is 48.5 Å². The van der Waals surface area contributed by atoms with E-state index in [1.54, 1.807) is 25.3 Å². The van der Waals surface area contributed by atoms with Crippen molar-refractivity contribution in [1.29, 1.82) is 0 Å². The number of fused-ring (bicyclic) bond motifs is 1. The maximum absolute atomic E-state index is 12.6. The van der Waals surface area contributed by atoms with Crippen LogP contribution in [-0.2, 0) is 10.1 Å². The Labute approximate surface area is 191 Å². The summed E-state index contributed by atoms with van der Waals surface area (Å²) in [7, 11) is -0.996. The highest BCUT2D eigenvalue weighted by molar-refractivity contribution is 7.87. The summed E-state index contributed by atoms with van der Waals surface area (Å²) in [6.07, 6.45) is 5.02. The van der Waals surface area contributed by atoms with Crippen LogP contribution in [0.1, 0.15) is 15.9 Å². The maximum atomic E-state index is 12.6. The highest BCUT2D eigenvalue weighted by atomic mass is 32.2. The number of carbonyl (C=O) groups excluding carboxylic acids is 1. The molecule has 3 aromatic carbocycles. The van der Waals surface area contributed by atoms with Gasteiger partial charge in [0.15, 0.2) is 5.76 Å². The van der Waals surface area contributed by atoms with E-state index in [0.717, 1.165) is 5.56 Å². The number of hydrogen-bond donors (Lipinski definition) is 0. The Kier molecular flexibility index (Phi) is 6.19. The molecule has 168 valence electrons. The third-order valence-electron chi connectivity index (χ3n) is 4.86. The minimum Gasteiger partial charge on any atom is -0.497 e. The van der Waals surface area contributed by atoms with Gasteiger partial charge in [-0.1, -0.05) is 30.4 Å². The maximum Gasteiger partial charge on any atom is 0.339 e. The summed E-state index contributed by atoms with van der Waals surface area (Å²) in [5, 5.41) is 0. The molecule has 8 heteroatoms. The number of allylic oxidation sites excluding steroid dienone is 3. The van der Waals surface area contributed by atoms with Crippen LogP contribution in [0.25, 0.3) is 6.08 Å². The number of para-hydroxylation sites is 1. The van der Waals surface area contributed by atoms with Gasteiger partial charge >= 0.3 is 10.1 Å². The number of carbonyl (C=O) groups is 1. The van der Waals surface area contributed by atoms with E-state index < -0.39 is 10.1 Å². The predicted molar refractivity (Wildman–Crippen MR) is 122 cm³/mol. The molecule has 0 atom stereocenters. The fourth-order valence-electron chi connectivity index (χ4n) is 3.19. The van der Waals surface area contributed by atoms with Crippen molar-refractivity contribution in [2.75, 3.05) is 14.2 Å². The van der Waals surface area contributed by atoms with Gasteiger partial charge in [0.1, 0.15) is 27.9 Å². The van der Waals surface area contributed by atoms with Crippen molar-refractivity contribution in [3.05, 3.63) is 95.8 Å². The quantitative estimate of drug-likeness (QED) is 0.372. The molecule has 1 heterocycles. The molecule has 0 radical (unpaired) electrons. The Balaban J connectivity index is 1.51. The third kappa shape index (κ3) is 4.75.